The number of amides is 3. The number of halogens is 3. The number of nitrogens with one attached hydrogen (secondary N) is 1. The third-order valence-electron chi connectivity index (χ3n) is 6.68. The van der Waals surface area contributed by atoms with Crippen LogP contribution < -0.4 is 19.9 Å². The van der Waals surface area contributed by atoms with Crippen LogP contribution in [-0.4, -0.2) is 63.2 Å². The summed E-state index contributed by atoms with van der Waals surface area (Å²) in [7, 11) is 3.80. The number of nitrogens with zero attached hydrogens (tertiary/aromatic N) is 6. The highest BCUT2D eigenvalue weighted by Gasteiger charge is 2.33. The van der Waals surface area contributed by atoms with Crippen LogP contribution in [0.1, 0.15) is 25.3 Å². The average Bonchev–Trinajstić information content (AvgIpc) is 3.60. The fourth-order valence-electron chi connectivity index (χ4n) is 4.50. The molecule has 0 atom stereocenters. The molecule has 3 amide bonds. The van der Waals surface area contributed by atoms with Crippen molar-refractivity contribution in [2.24, 2.45) is 4.99 Å². The summed E-state index contributed by atoms with van der Waals surface area (Å²) in [5, 5.41) is 17.7. The third kappa shape index (κ3) is 7.20. The Kier molecular flexibility index (Phi) is 8.73. The van der Waals surface area contributed by atoms with Gasteiger partial charge in [-0.2, -0.15) is 4.99 Å². The summed E-state index contributed by atoms with van der Waals surface area (Å²) in [6.07, 6.45) is -3.43. The highest BCUT2D eigenvalue weighted by Crippen LogP contribution is 2.36. The van der Waals surface area contributed by atoms with Gasteiger partial charge in [0, 0.05) is 25.3 Å². The number of aromatic hydroxyl groups is 1. The van der Waals surface area contributed by atoms with Crippen molar-refractivity contribution < 1.29 is 32.6 Å². The maximum absolute atomic E-state index is 12.9. The van der Waals surface area contributed by atoms with Crippen molar-refractivity contribution in [3.05, 3.63) is 72.6 Å². The number of ether oxygens (including phenoxy) is 1. The number of rotatable bonds is 7. The predicted octanol–water partition coefficient (Wildman–Crippen LogP) is 6.40. The maximum atomic E-state index is 12.9. The molecule has 15 heteroatoms. The molecule has 3 aromatic carbocycles. The van der Waals surface area contributed by atoms with Gasteiger partial charge >= 0.3 is 12.4 Å². The fourth-order valence-corrected chi connectivity index (χ4v) is 5.36. The fraction of sp³-hybridized carbons (Fsp3) is 0.233. The maximum Gasteiger partial charge on any atom is 0.573 e. The van der Waals surface area contributed by atoms with E-state index in [2.05, 4.69) is 25.1 Å². The van der Waals surface area contributed by atoms with Gasteiger partial charge in [0.1, 0.15) is 17.8 Å². The van der Waals surface area contributed by atoms with Gasteiger partial charge in [0.25, 0.3) is 0 Å². The van der Waals surface area contributed by atoms with E-state index in [0.29, 0.717) is 16.9 Å². The first-order valence-electron chi connectivity index (χ1n) is 13.6. The Morgan fingerprint density at radius 3 is 2.49 bits per heavy atom. The zero-order chi connectivity index (χ0) is 32.5. The minimum atomic E-state index is -4.80. The van der Waals surface area contributed by atoms with E-state index in [4.69, 9.17) is 0 Å². The molecule has 1 fully saturated rings. The molecule has 2 heterocycles. The van der Waals surface area contributed by atoms with Gasteiger partial charge in [-0.15, -0.1) is 18.3 Å². The number of anilines is 3. The van der Waals surface area contributed by atoms with Gasteiger partial charge < -0.3 is 20.1 Å². The van der Waals surface area contributed by atoms with Crippen LogP contribution in [0.25, 0.3) is 17.1 Å². The molecule has 4 aromatic rings. The van der Waals surface area contributed by atoms with Gasteiger partial charge in [0.2, 0.25) is 5.91 Å². The Hall–Kier alpha value is -5.05. The average molecular weight is 640 g/mol. The summed E-state index contributed by atoms with van der Waals surface area (Å²) >= 11 is 1.15. The lowest BCUT2D eigenvalue weighted by Crippen LogP contribution is -2.31. The van der Waals surface area contributed by atoms with Crippen molar-refractivity contribution in [3.8, 4) is 28.6 Å². The van der Waals surface area contributed by atoms with Crippen LogP contribution in [0.15, 0.2) is 72.0 Å². The number of carbonyl (C=O) groups excluding carboxylic acids is 2. The Morgan fingerprint density at radius 2 is 1.84 bits per heavy atom. The summed E-state index contributed by atoms with van der Waals surface area (Å²) in [5.74, 6) is -0.395. The van der Waals surface area contributed by atoms with Crippen molar-refractivity contribution >= 4 is 45.9 Å². The first kappa shape index (κ1) is 31.4. The van der Waals surface area contributed by atoms with Crippen molar-refractivity contribution in [2.75, 3.05) is 35.0 Å². The second-order valence-corrected chi connectivity index (χ2v) is 11.4. The Bertz CT molecular complexity index is 1770. The number of alkyl halides is 3. The minimum Gasteiger partial charge on any atom is -0.506 e. The van der Waals surface area contributed by atoms with E-state index in [1.54, 1.807) is 6.07 Å². The lowest BCUT2D eigenvalue weighted by molar-refractivity contribution is -0.274. The third-order valence-corrected chi connectivity index (χ3v) is 7.60. The summed E-state index contributed by atoms with van der Waals surface area (Å²) in [5.41, 5.74) is 3.40. The highest BCUT2D eigenvalue weighted by molar-refractivity contribution is 8.15. The molecule has 0 radical (unpaired) electrons. The Morgan fingerprint density at radius 1 is 1.11 bits per heavy atom. The number of hydrogen-bond donors (Lipinski definition) is 2. The zero-order valence-corrected chi connectivity index (χ0v) is 25.3. The van der Waals surface area contributed by atoms with E-state index >= 15 is 0 Å². The molecule has 1 aromatic heterocycles. The van der Waals surface area contributed by atoms with E-state index in [9.17, 15) is 27.9 Å². The van der Waals surface area contributed by atoms with E-state index in [1.807, 2.05) is 51.0 Å². The molecule has 1 aliphatic heterocycles. The number of hydrogen-bond acceptors (Lipinski definition) is 8. The van der Waals surface area contributed by atoms with E-state index < -0.39 is 12.4 Å². The summed E-state index contributed by atoms with van der Waals surface area (Å²) < 4.78 is 42.5. The van der Waals surface area contributed by atoms with Crippen LogP contribution in [0.3, 0.4) is 0 Å². The molecule has 234 valence electrons. The lowest BCUT2D eigenvalue weighted by Gasteiger charge is -2.24. The molecule has 0 spiro atoms. The number of urea groups is 1. The minimum absolute atomic E-state index is 0.0751. The molecule has 11 nitrogen and oxygen atoms in total. The van der Waals surface area contributed by atoms with Crippen molar-refractivity contribution in [1.29, 1.82) is 0 Å². The molecule has 1 saturated heterocycles. The number of carbonyl (C=O) groups is 2. The predicted molar refractivity (Wildman–Crippen MR) is 166 cm³/mol. The van der Waals surface area contributed by atoms with Crippen LogP contribution in [0.5, 0.6) is 11.5 Å². The van der Waals surface area contributed by atoms with Crippen molar-refractivity contribution in [1.82, 2.24) is 14.8 Å². The number of aromatic nitrogens is 3. The smallest absolute Gasteiger partial charge is 0.506 e. The second-order valence-electron chi connectivity index (χ2n) is 10.4. The number of thioether (sulfide) groups is 1. The molecule has 0 unspecified atom stereocenters. The quantitative estimate of drug-likeness (QED) is 0.223. The highest BCUT2D eigenvalue weighted by atomic mass is 32.2. The number of phenolic OH excluding ortho intramolecular Hbond substituents is 1. The van der Waals surface area contributed by atoms with Crippen LogP contribution in [0, 0.1) is 0 Å². The van der Waals surface area contributed by atoms with Crippen LogP contribution in [0.2, 0.25) is 0 Å². The molecular formula is C30H28F3N7O4S. The molecular weight excluding hydrogens is 611 g/mol. The van der Waals surface area contributed by atoms with Gasteiger partial charge in [-0.05, 0) is 66.1 Å². The standard InChI is InChI=1S/C30H28F3N7O4S/c1-17(2)22-11-8-20(38(3)4)14-24(22)40-26(42)15-45-29(40)36-28(43)35-23-12-5-18(13-25(23)41)27-34-16-39(37-27)19-6-9-21(10-7-19)44-30(31,32)33/h5-14,16-17,41H,15H2,1-4H3,(H,35,43). The number of aliphatic imine (C=N–C) groups is 1. The van der Waals surface area contributed by atoms with Gasteiger partial charge in [-0.25, -0.2) is 14.5 Å². The molecule has 0 aliphatic carbocycles. The largest absolute Gasteiger partial charge is 0.573 e. The van der Waals surface area contributed by atoms with Crippen LogP contribution in [-0.2, 0) is 4.79 Å². The summed E-state index contributed by atoms with van der Waals surface area (Å²) in [6.45, 7) is 4.04. The van der Waals surface area contributed by atoms with Crippen LogP contribution >= 0.6 is 11.8 Å². The Balaban J connectivity index is 1.32. The van der Waals surface area contributed by atoms with Gasteiger partial charge in [-0.3, -0.25) is 9.69 Å². The normalized spacial score (nSPS) is 14.4. The second kappa shape index (κ2) is 12.5. The topological polar surface area (TPSA) is 125 Å². The van der Waals surface area contributed by atoms with Gasteiger partial charge in [0.05, 0.1) is 22.8 Å². The van der Waals surface area contributed by atoms with E-state index in [0.717, 1.165) is 35.1 Å². The van der Waals surface area contributed by atoms with Gasteiger partial charge in [-0.1, -0.05) is 31.7 Å². The molecule has 5 rings (SSSR count). The van der Waals surface area contributed by atoms with E-state index in [1.165, 1.54) is 40.2 Å². The molecule has 0 bridgehead atoms. The van der Waals surface area contributed by atoms with Crippen molar-refractivity contribution in [3.63, 3.8) is 0 Å². The SMILES string of the molecule is CC(C)c1ccc(N(C)C)cc1N1C(=O)CSC1=NC(=O)Nc1ccc(-c2ncn(-c3ccc(OC(F)(F)F)cc3)n2)cc1O. The first-order valence-corrected chi connectivity index (χ1v) is 14.6. The monoisotopic (exact) mass is 639 g/mol. The number of phenols is 1. The molecule has 1 aliphatic rings. The zero-order valence-electron chi connectivity index (χ0n) is 24.5. The molecule has 0 saturated carbocycles. The first-order chi connectivity index (χ1) is 21.3. The summed E-state index contributed by atoms with van der Waals surface area (Å²) in [6, 6.07) is 14.5. The number of benzene rings is 3. The Labute approximate surface area is 260 Å². The number of amidine groups is 1. The van der Waals surface area contributed by atoms with E-state index in [-0.39, 0.29) is 45.8 Å². The molecule has 45 heavy (non-hydrogen) atoms. The van der Waals surface area contributed by atoms with Gasteiger partial charge in [0.15, 0.2) is 11.0 Å². The lowest BCUT2D eigenvalue weighted by atomic mass is 9.99. The van der Waals surface area contributed by atoms with Crippen molar-refractivity contribution in [2.45, 2.75) is 26.1 Å². The molecule has 2 N–H and O–H groups in total. The van der Waals surface area contributed by atoms with Crippen LogP contribution in [0.4, 0.5) is 35.0 Å². The summed E-state index contributed by atoms with van der Waals surface area (Å²) in [4.78, 5) is 37.6.